The summed E-state index contributed by atoms with van der Waals surface area (Å²) in [6.07, 6.45) is 0. The van der Waals surface area contributed by atoms with E-state index in [1.807, 2.05) is 0 Å². The summed E-state index contributed by atoms with van der Waals surface area (Å²) >= 11 is 4.66. The zero-order chi connectivity index (χ0) is 16.4. The summed E-state index contributed by atoms with van der Waals surface area (Å²) in [6, 6.07) is 5.08. The molecule has 9 heteroatoms. The van der Waals surface area contributed by atoms with E-state index in [2.05, 4.69) is 17.5 Å². The van der Waals surface area contributed by atoms with Crippen LogP contribution in [0.15, 0.2) is 30.3 Å². The van der Waals surface area contributed by atoms with Crippen molar-refractivity contribution >= 4 is 28.7 Å². The molecule has 114 valence electrons. The van der Waals surface area contributed by atoms with Gasteiger partial charge in [0, 0.05) is 28.9 Å². The van der Waals surface area contributed by atoms with Crippen LogP contribution < -0.4 is 11.1 Å². The molecule has 0 aliphatic heterocycles. The molecular weight excluding hydrogens is 319 g/mol. The molecule has 0 atom stereocenters. The molecule has 0 aliphatic carbocycles. The minimum absolute atomic E-state index is 0.0709. The SMILES string of the molecule is NC(=S)Nc1ccc([N+](=O)[O-])cc1-c1ccc(F)c(F)c1F. The molecule has 0 heterocycles. The van der Waals surface area contributed by atoms with Gasteiger partial charge in [-0.05, 0) is 30.4 Å². The maximum Gasteiger partial charge on any atom is 0.270 e. The summed E-state index contributed by atoms with van der Waals surface area (Å²) in [5, 5.41) is 13.2. The molecule has 0 unspecified atom stereocenters. The molecule has 0 aromatic heterocycles. The van der Waals surface area contributed by atoms with Crippen LogP contribution >= 0.6 is 12.2 Å². The number of nitrogens with zero attached hydrogens (tertiary/aromatic N) is 1. The smallest absolute Gasteiger partial charge is 0.270 e. The van der Waals surface area contributed by atoms with Gasteiger partial charge >= 0.3 is 0 Å². The molecule has 0 bridgehead atoms. The number of nitro benzene ring substituents is 1. The summed E-state index contributed by atoms with van der Waals surface area (Å²) < 4.78 is 40.3. The lowest BCUT2D eigenvalue weighted by atomic mass is 10.0. The Balaban J connectivity index is 2.70. The molecule has 0 fully saturated rings. The zero-order valence-corrected chi connectivity index (χ0v) is 11.6. The van der Waals surface area contributed by atoms with E-state index in [-0.39, 0.29) is 27.6 Å². The average Bonchev–Trinajstić information content (AvgIpc) is 2.45. The van der Waals surface area contributed by atoms with E-state index in [9.17, 15) is 23.3 Å². The number of benzene rings is 2. The lowest BCUT2D eigenvalue weighted by Gasteiger charge is -2.12. The van der Waals surface area contributed by atoms with E-state index in [0.717, 1.165) is 24.3 Å². The van der Waals surface area contributed by atoms with Gasteiger partial charge in [0.25, 0.3) is 5.69 Å². The topological polar surface area (TPSA) is 81.2 Å². The van der Waals surface area contributed by atoms with Crippen LogP contribution in [-0.2, 0) is 0 Å². The van der Waals surface area contributed by atoms with Gasteiger partial charge in [-0.3, -0.25) is 10.1 Å². The largest absolute Gasteiger partial charge is 0.376 e. The number of nitrogens with one attached hydrogen (secondary N) is 1. The molecule has 2 rings (SSSR count). The molecule has 2 aromatic carbocycles. The fraction of sp³-hybridized carbons (Fsp3) is 0. The Morgan fingerprint density at radius 1 is 1.14 bits per heavy atom. The predicted octanol–water partition coefficient (Wildman–Crippen LogP) is 3.33. The third kappa shape index (κ3) is 2.98. The Morgan fingerprint density at radius 2 is 1.82 bits per heavy atom. The van der Waals surface area contributed by atoms with Crippen LogP contribution in [0.4, 0.5) is 24.5 Å². The van der Waals surface area contributed by atoms with Gasteiger partial charge < -0.3 is 11.1 Å². The average molecular weight is 327 g/mol. The minimum atomic E-state index is -1.68. The number of halogens is 3. The van der Waals surface area contributed by atoms with Crippen LogP contribution in [0, 0.1) is 27.6 Å². The third-order valence-corrected chi connectivity index (χ3v) is 2.90. The molecule has 0 radical (unpaired) electrons. The number of rotatable bonds is 3. The van der Waals surface area contributed by atoms with Crippen LogP contribution in [0.5, 0.6) is 0 Å². The van der Waals surface area contributed by atoms with Gasteiger partial charge in [-0.15, -0.1) is 0 Å². The van der Waals surface area contributed by atoms with Gasteiger partial charge in [0.15, 0.2) is 22.6 Å². The summed E-state index contributed by atoms with van der Waals surface area (Å²) in [5.41, 5.74) is 4.66. The van der Waals surface area contributed by atoms with Crippen molar-refractivity contribution in [3.05, 3.63) is 57.9 Å². The number of thiocarbonyl (C=S) groups is 1. The summed E-state index contributed by atoms with van der Waals surface area (Å²) in [6.45, 7) is 0. The minimum Gasteiger partial charge on any atom is -0.376 e. The number of hydrogen-bond acceptors (Lipinski definition) is 3. The van der Waals surface area contributed by atoms with Gasteiger partial charge in [0.1, 0.15) is 0 Å². The molecule has 0 saturated heterocycles. The predicted molar refractivity (Wildman–Crippen MR) is 78.8 cm³/mol. The number of anilines is 1. The first kappa shape index (κ1) is 15.7. The van der Waals surface area contributed by atoms with Crippen molar-refractivity contribution in [1.29, 1.82) is 0 Å². The van der Waals surface area contributed by atoms with Crippen LogP contribution in [0.1, 0.15) is 0 Å². The van der Waals surface area contributed by atoms with Crippen molar-refractivity contribution in [3.63, 3.8) is 0 Å². The Labute approximate surface area is 127 Å². The highest BCUT2D eigenvalue weighted by atomic mass is 32.1. The normalized spacial score (nSPS) is 10.3. The fourth-order valence-electron chi connectivity index (χ4n) is 1.84. The van der Waals surface area contributed by atoms with Gasteiger partial charge in [-0.1, -0.05) is 0 Å². The molecule has 2 aromatic rings. The first-order valence-corrected chi connectivity index (χ1v) is 6.21. The molecule has 0 aliphatic rings. The monoisotopic (exact) mass is 327 g/mol. The fourth-order valence-corrected chi connectivity index (χ4v) is 1.95. The van der Waals surface area contributed by atoms with Crippen molar-refractivity contribution < 1.29 is 18.1 Å². The second-order valence-corrected chi connectivity index (χ2v) is 4.64. The van der Waals surface area contributed by atoms with Gasteiger partial charge in [0.2, 0.25) is 0 Å². The van der Waals surface area contributed by atoms with E-state index >= 15 is 0 Å². The van der Waals surface area contributed by atoms with Gasteiger partial charge in [-0.2, -0.15) is 0 Å². The first-order chi connectivity index (χ1) is 10.3. The number of nitrogens with two attached hydrogens (primary N) is 1. The summed E-state index contributed by atoms with van der Waals surface area (Å²) in [4.78, 5) is 10.1. The number of nitro groups is 1. The van der Waals surface area contributed by atoms with E-state index in [1.54, 1.807) is 0 Å². The maximum atomic E-state index is 13.9. The first-order valence-electron chi connectivity index (χ1n) is 5.80. The third-order valence-electron chi connectivity index (χ3n) is 2.80. The molecule has 3 N–H and O–H groups in total. The van der Waals surface area contributed by atoms with Crippen molar-refractivity contribution in [1.82, 2.24) is 0 Å². The highest BCUT2D eigenvalue weighted by Gasteiger charge is 2.19. The van der Waals surface area contributed by atoms with Crippen LogP contribution in [0.25, 0.3) is 11.1 Å². The van der Waals surface area contributed by atoms with Crippen LogP contribution in [0.3, 0.4) is 0 Å². The Kier molecular flexibility index (Phi) is 4.27. The standard InChI is InChI=1S/C13H8F3N3O2S/c14-9-3-2-7(11(15)12(9)16)8-5-6(19(20)21)1-4-10(8)18-13(17)22/h1-5H,(H3,17,18,22). The molecule has 0 saturated carbocycles. The lowest BCUT2D eigenvalue weighted by Crippen LogP contribution is -2.19. The van der Waals surface area contributed by atoms with Gasteiger partial charge in [-0.25, -0.2) is 13.2 Å². The van der Waals surface area contributed by atoms with Crippen LogP contribution in [-0.4, -0.2) is 10.0 Å². The van der Waals surface area contributed by atoms with E-state index in [1.165, 1.54) is 6.07 Å². The molecule has 0 spiro atoms. The van der Waals surface area contributed by atoms with Crippen molar-refractivity contribution in [2.75, 3.05) is 5.32 Å². The Morgan fingerprint density at radius 3 is 2.41 bits per heavy atom. The number of non-ortho nitro benzene ring substituents is 1. The summed E-state index contributed by atoms with van der Waals surface area (Å²) in [5.74, 6) is -4.51. The second-order valence-electron chi connectivity index (χ2n) is 4.20. The molecule has 5 nitrogen and oxygen atoms in total. The molecular formula is C13H8F3N3O2S. The molecule has 0 amide bonds. The zero-order valence-electron chi connectivity index (χ0n) is 10.8. The Bertz CT molecular complexity index is 783. The Hall–Kier alpha value is -2.68. The van der Waals surface area contributed by atoms with Crippen molar-refractivity contribution in [2.24, 2.45) is 5.73 Å². The quantitative estimate of drug-likeness (QED) is 0.391. The van der Waals surface area contributed by atoms with E-state index < -0.39 is 22.4 Å². The lowest BCUT2D eigenvalue weighted by molar-refractivity contribution is -0.384. The van der Waals surface area contributed by atoms with Gasteiger partial charge in [0.05, 0.1) is 4.92 Å². The highest BCUT2D eigenvalue weighted by molar-refractivity contribution is 7.80. The van der Waals surface area contributed by atoms with E-state index in [4.69, 9.17) is 5.73 Å². The van der Waals surface area contributed by atoms with E-state index in [0.29, 0.717) is 0 Å². The van der Waals surface area contributed by atoms with Crippen molar-refractivity contribution in [2.45, 2.75) is 0 Å². The maximum absolute atomic E-state index is 13.9. The second kappa shape index (κ2) is 5.98. The molecule has 22 heavy (non-hydrogen) atoms. The van der Waals surface area contributed by atoms with Crippen LogP contribution in [0.2, 0.25) is 0 Å². The summed E-state index contributed by atoms with van der Waals surface area (Å²) in [7, 11) is 0. The number of hydrogen-bond donors (Lipinski definition) is 2. The highest BCUT2D eigenvalue weighted by Crippen LogP contribution is 2.34. The van der Waals surface area contributed by atoms with Crippen molar-refractivity contribution in [3.8, 4) is 11.1 Å².